The first-order valence-corrected chi connectivity index (χ1v) is 6.94. The van der Waals surface area contributed by atoms with E-state index in [0.29, 0.717) is 6.04 Å². The van der Waals surface area contributed by atoms with Crippen molar-refractivity contribution < 1.29 is 0 Å². The van der Waals surface area contributed by atoms with Crippen LogP contribution in [0.2, 0.25) is 0 Å². The summed E-state index contributed by atoms with van der Waals surface area (Å²) < 4.78 is 2.20. The van der Waals surface area contributed by atoms with Gasteiger partial charge in [-0.05, 0) is 19.3 Å². The maximum atomic E-state index is 4.74. The van der Waals surface area contributed by atoms with Gasteiger partial charge >= 0.3 is 0 Å². The fourth-order valence-electron chi connectivity index (χ4n) is 2.18. The third-order valence-electron chi connectivity index (χ3n) is 3.04. The summed E-state index contributed by atoms with van der Waals surface area (Å²) >= 11 is 0. The van der Waals surface area contributed by atoms with Crippen LogP contribution >= 0.6 is 0 Å². The van der Waals surface area contributed by atoms with E-state index in [2.05, 4.69) is 44.6 Å². The zero-order valence-corrected chi connectivity index (χ0v) is 12.0. The van der Waals surface area contributed by atoms with Gasteiger partial charge in [0.2, 0.25) is 0 Å². The molecule has 0 saturated heterocycles. The molecule has 1 aromatic heterocycles. The fourth-order valence-corrected chi connectivity index (χ4v) is 2.18. The molecule has 0 saturated carbocycles. The summed E-state index contributed by atoms with van der Waals surface area (Å²) in [4.78, 5) is 0. The molecular formula is C14H27N3. The van der Waals surface area contributed by atoms with Gasteiger partial charge in [-0.2, -0.15) is 5.10 Å². The Hall–Kier alpha value is -0.830. The minimum atomic E-state index is 0.527. The first-order chi connectivity index (χ1) is 8.13. The quantitative estimate of drug-likeness (QED) is 0.790. The van der Waals surface area contributed by atoms with Crippen LogP contribution in [0.5, 0.6) is 0 Å². The molecular weight excluding hydrogens is 210 g/mol. The monoisotopic (exact) mass is 237 g/mol. The number of nitrogens with zero attached hydrogens (tertiary/aromatic N) is 2. The third-order valence-corrected chi connectivity index (χ3v) is 3.04. The van der Waals surface area contributed by atoms with E-state index >= 15 is 0 Å². The van der Waals surface area contributed by atoms with Crippen LogP contribution in [0.3, 0.4) is 0 Å². The van der Waals surface area contributed by atoms with Gasteiger partial charge in [0, 0.05) is 30.4 Å². The van der Waals surface area contributed by atoms with Gasteiger partial charge in [0.05, 0.1) is 5.69 Å². The Labute approximate surface area is 106 Å². The molecule has 0 atom stereocenters. The second-order valence-corrected chi connectivity index (χ2v) is 4.84. The van der Waals surface area contributed by atoms with Crippen molar-refractivity contribution in [2.24, 2.45) is 0 Å². The summed E-state index contributed by atoms with van der Waals surface area (Å²) in [6.07, 6.45) is 3.25. The molecule has 0 unspecified atom stereocenters. The highest BCUT2D eigenvalue weighted by atomic mass is 15.3. The first-order valence-electron chi connectivity index (χ1n) is 6.94. The van der Waals surface area contributed by atoms with Crippen LogP contribution < -0.4 is 5.32 Å². The zero-order chi connectivity index (χ0) is 12.8. The number of aryl methyl sites for hydroxylation is 2. The predicted molar refractivity (Wildman–Crippen MR) is 73.2 cm³/mol. The lowest BCUT2D eigenvalue weighted by atomic mass is 10.1. The van der Waals surface area contributed by atoms with Gasteiger partial charge in [-0.1, -0.05) is 34.6 Å². The minimum Gasteiger partial charge on any atom is -0.310 e. The van der Waals surface area contributed by atoms with Gasteiger partial charge in [0.25, 0.3) is 0 Å². The van der Waals surface area contributed by atoms with Crippen LogP contribution in [0.25, 0.3) is 0 Å². The van der Waals surface area contributed by atoms with E-state index in [0.717, 1.165) is 32.4 Å². The molecule has 0 radical (unpaired) electrons. The van der Waals surface area contributed by atoms with Crippen molar-refractivity contribution in [2.75, 3.05) is 0 Å². The number of hydrogen-bond acceptors (Lipinski definition) is 2. The van der Waals surface area contributed by atoms with Crippen LogP contribution in [0.4, 0.5) is 0 Å². The Morgan fingerprint density at radius 1 is 1.18 bits per heavy atom. The second-order valence-electron chi connectivity index (χ2n) is 4.84. The van der Waals surface area contributed by atoms with E-state index in [1.165, 1.54) is 17.0 Å². The van der Waals surface area contributed by atoms with Crippen molar-refractivity contribution in [3.05, 3.63) is 17.0 Å². The molecule has 0 amide bonds. The van der Waals surface area contributed by atoms with Crippen molar-refractivity contribution in [1.82, 2.24) is 15.1 Å². The van der Waals surface area contributed by atoms with Gasteiger partial charge < -0.3 is 5.32 Å². The summed E-state index contributed by atoms with van der Waals surface area (Å²) in [5, 5.41) is 8.26. The topological polar surface area (TPSA) is 29.9 Å². The lowest BCUT2D eigenvalue weighted by Crippen LogP contribution is -2.23. The van der Waals surface area contributed by atoms with Crippen molar-refractivity contribution >= 4 is 0 Å². The Morgan fingerprint density at radius 3 is 2.35 bits per heavy atom. The Kier molecular flexibility index (Phi) is 5.69. The Bertz CT molecular complexity index is 339. The summed E-state index contributed by atoms with van der Waals surface area (Å²) in [7, 11) is 0. The fraction of sp³-hybridized carbons (Fsp3) is 0.786. The van der Waals surface area contributed by atoms with E-state index < -0.39 is 0 Å². The van der Waals surface area contributed by atoms with E-state index in [1.807, 2.05) is 0 Å². The summed E-state index contributed by atoms with van der Waals surface area (Å²) in [5.74, 6) is 0. The Balaban J connectivity index is 2.97. The molecule has 0 fully saturated rings. The molecule has 17 heavy (non-hydrogen) atoms. The predicted octanol–water partition coefficient (Wildman–Crippen LogP) is 2.92. The normalized spacial score (nSPS) is 11.4. The van der Waals surface area contributed by atoms with E-state index in [1.54, 1.807) is 0 Å². The maximum Gasteiger partial charge on any atom is 0.0669 e. The van der Waals surface area contributed by atoms with Crippen LogP contribution in [0.15, 0.2) is 0 Å². The summed E-state index contributed by atoms with van der Waals surface area (Å²) in [6.45, 7) is 13.0. The van der Waals surface area contributed by atoms with E-state index in [4.69, 9.17) is 5.10 Å². The molecule has 1 N–H and O–H groups in total. The highest BCUT2D eigenvalue weighted by Crippen LogP contribution is 2.17. The molecule has 0 bridgehead atoms. The van der Waals surface area contributed by atoms with Crippen LogP contribution in [0.1, 0.15) is 58.0 Å². The Morgan fingerprint density at radius 2 is 1.88 bits per heavy atom. The van der Waals surface area contributed by atoms with E-state index in [9.17, 15) is 0 Å². The molecule has 0 aromatic carbocycles. The highest BCUT2D eigenvalue weighted by molar-refractivity contribution is 5.26. The van der Waals surface area contributed by atoms with Gasteiger partial charge in [-0.15, -0.1) is 0 Å². The average molecular weight is 237 g/mol. The van der Waals surface area contributed by atoms with Crippen LogP contribution in [-0.2, 0) is 25.9 Å². The van der Waals surface area contributed by atoms with Crippen molar-refractivity contribution in [2.45, 2.75) is 73.0 Å². The summed E-state index contributed by atoms with van der Waals surface area (Å²) in [5.41, 5.74) is 4.11. The van der Waals surface area contributed by atoms with Gasteiger partial charge in [0.1, 0.15) is 0 Å². The standard InChI is InChI=1S/C14H27N3/c1-6-9-17-14(8-3)12(10-15-11(4)5)13(7-2)16-17/h11,15H,6-10H2,1-5H3. The molecule has 3 heteroatoms. The smallest absolute Gasteiger partial charge is 0.0669 e. The SMILES string of the molecule is CCCn1nc(CC)c(CNC(C)C)c1CC. The number of hydrogen-bond donors (Lipinski definition) is 1. The lowest BCUT2D eigenvalue weighted by molar-refractivity contribution is 0.564. The van der Waals surface area contributed by atoms with Gasteiger partial charge in [-0.25, -0.2) is 0 Å². The molecule has 0 aliphatic carbocycles. The molecule has 1 heterocycles. The minimum absolute atomic E-state index is 0.527. The van der Waals surface area contributed by atoms with Crippen LogP contribution in [0, 0.1) is 0 Å². The lowest BCUT2D eigenvalue weighted by Gasteiger charge is -2.10. The maximum absolute atomic E-state index is 4.74. The summed E-state index contributed by atoms with van der Waals surface area (Å²) in [6, 6.07) is 0.527. The van der Waals surface area contributed by atoms with Crippen molar-refractivity contribution in [3.8, 4) is 0 Å². The molecule has 1 aromatic rings. The largest absolute Gasteiger partial charge is 0.310 e. The van der Waals surface area contributed by atoms with Gasteiger partial charge in [-0.3, -0.25) is 4.68 Å². The third kappa shape index (κ3) is 3.56. The zero-order valence-electron chi connectivity index (χ0n) is 12.0. The number of aromatic nitrogens is 2. The average Bonchev–Trinajstić information content (AvgIpc) is 2.64. The molecule has 0 spiro atoms. The molecule has 1 rings (SSSR count). The van der Waals surface area contributed by atoms with Gasteiger partial charge in [0.15, 0.2) is 0 Å². The van der Waals surface area contributed by atoms with Crippen LogP contribution in [-0.4, -0.2) is 15.8 Å². The second kappa shape index (κ2) is 6.80. The number of rotatable bonds is 7. The number of nitrogens with one attached hydrogen (secondary N) is 1. The molecule has 98 valence electrons. The van der Waals surface area contributed by atoms with Crippen molar-refractivity contribution in [3.63, 3.8) is 0 Å². The molecule has 3 nitrogen and oxygen atoms in total. The molecule has 0 aliphatic heterocycles. The first kappa shape index (κ1) is 14.2. The molecule has 0 aliphatic rings. The highest BCUT2D eigenvalue weighted by Gasteiger charge is 2.14. The van der Waals surface area contributed by atoms with Crippen molar-refractivity contribution in [1.29, 1.82) is 0 Å². The van der Waals surface area contributed by atoms with E-state index in [-0.39, 0.29) is 0 Å².